The van der Waals surface area contributed by atoms with Gasteiger partial charge in [0, 0.05) is 65.4 Å². The van der Waals surface area contributed by atoms with Crippen LogP contribution in [0.1, 0.15) is 0 Å². The van der Waals surface area contributed by atoms with Crippen LogP contribution in [0, 0.1) is 0 Å². The van der Waals surface area contributed by atoms with Gasteiger partial charge in [0.25, 0.3) is 0 Å². The molecule has 0 bridgehead atoms. The normalized spacial score (nSPS) is 3.60. The first-order valence-electron chi connectivity index (χ1n) is 0.516. The van der Waals surface area contributed by atoms with Crippen molar-refractivity contribution in [1.29, 1.82) is 0 Å². The van der Waals surface area contributed by atoms with E-state index in [0.717, 1.165) is 0 Å². The Morgan fingerprint density at radius 3 is 1.00 bits per heavy atom. The molecular formula is H2BO2Y2-. The van der Waals surface area contributed by atoms with Crippen LogP contribution in [0.3, 0.4) is 0 Å². The zero-order valence-corrected chi connectivity index (χ0v) is 8.30. The van der Waals surface area contributed by atoms with Crippen molar-refractivity contribution in [3.05, 3.63) is 0 Å². The molecule has 0 fully saturated rings. The molecule has 0 aliphatic carbocycles. The molecule has 0 amide bonds. The van der Waals surface area contributed by atoms with Gasteiger partial charge in [-0.15, -0.1) is 0 Å². The molecule has 0 saturated carbocycles. The Kier molecular flexibility index (Phi) is 51.4. The molecule has 0 atom stereocenters. The second kappa shape index (κ2) is 16.4. The summed E-state index contributed by atoms with van der Waals surface area (Å²) in [6, 6.07) is 0. The van der Waals surface area contributed by atoms with Gasteiger partial charge >= 0.3 is 0 Å². The Morgan fingerprint density at radius 2 is 1.00 bits per heavy atom. The van der Waals surface area contributed by atoms with Crippen molar-refractivity contribution in [1.82, 2.24) is 0 Å². The first kappa shape index (κ1) is 15.7. The molecule has 4 radical (unpaired) electrons. The summed E-state index contributed by atoms with van der Waals surface area (Å²) in [5.41, 5.74) is 0. The van der Waals surface area contributed by atoms with Crippen molar-refractivity contribution in [2.24, 2.45) is 0 Å². The molecule has 2 nitrogen and oxygen atoms in total. The molecule has 0 aliphatic rings. The van der Waals surface area contributed by atoms with Crippen molar-refractivity contribution in [2.75, 3.05) is 0 Å². The van der Waals surface area contributed by atoms with Crippen LogP contribution in [0.4, 0.5) is 0 Å². The third-order valence-corrected chi connectivity index (χ3v) is 0. The van der Waals surface area contributed by atoms with E-state index in [1.807, 2.05) is 0 Å². The van der Waals surface area contributed by atoms with Crippen LogP contribution in [-0.4, -0.2) is 17.7 Å². The molecule has 0 aliphatic heterocycles. The Labute approximate surface area is 81.8 Å². The Hall–Kier alpha value is 2.19. The van der Waals surface area contributed by atoms with E-state index in [9.17, 15) is 0 Å². The minimum absolute atomic E-state index is 0. The minimum atomic E-state index is 0. The van der Waals surface area contributed by atoms with Crippen molar-refractivity contribution in [2.45, 2.75) is 0 Å². The molecule has 0 aromatic rings. The second-order valence-electron chi connectivity index (χ2n) is 0.115. The van der Waals surface area contributed by atoms with Crippen molar-refractivity contribution in [3.8, 4) is 0 Å². The third-order valence-electron chi connectivity index (χ3n) is 0. The smallest absolute Gasteiger partial charge is 0 e. The molecule has 0 heterocycles. The summed E-state index contributed by atoms with van der Waals surface area (Å²) in [5, 5.41) is 14.0. The van der Waals surface area contributed by atoms with E-state index in [1.54, 1.807) is 0 Å². The summed E-state index contributed by atoms with van der Waals surface area (Å²) in [6.07, 6.45) is 0. The minimum Gasteiger partial charge on any atom is -0.639 e. The fraction of sp³-hybridized carbons (Fsp3) is 0. The molecule has 0 aromatic carbocycles. The first-order chi connectivity index (χ1) is 1.41. The van der Waals surface area contributed by atoms with Gasteiger partial charge in [0.05, 0.1) is 0 Å². The topological polar surface area (TPSA) is 40.5 Å². The molecule has 5 heavy (non-hydrogen) atoms. The van der Waals surface area contributed by atoms with Gasteiger partial charge in [-0.3, -0.25) is 0 Å². The van der Waals surface area contributed by atoms with E-state index in [1.165, 1.54) is 0 Å². The van der Waals surface area contributed by atoms with Crippen molar-refractivity contribution in [3.63, 3.8) is 0 Å². The van der Waals surface area contributed by atoms with Gasteiger partial charge in [0.1, 0.15) is 0 Å². The fourth-order valence-corrected chi connectivity index (χ4v) is 0. The third kappa shape index (κ3) is 22.6. The predicted molar refractivity (Wildman–Crippen MR) is 10.2 cm³/mol. The van der Waals surface area contributed by atoms with Crippen LogP contribution < -0.4 is 0 Å². The molecule has 0 spiro atoms. The molecule has 0 saturated heterocycles. The molecule has 24 valence electrons. The summed E-state index contributed by atoms with van der Waals surface area (Å²) in [4.78, 5) is 0. The van der Waals surface area contributed by atoms with Gasteiger partial charge in [-0.1, -0.05) is 0 Å². The van der Waals surface area contributed by atoms with Gasteiger partial charge in [0.15, 0.2) is 0 Å². The molecule has 0 unspecified atom stereocenters. The van der Waals surface area contributed by atoms with E-state index < -0.39 is 0 Å². The largest absolute Gasteiger partial charge is 0.639 e. The maximum atomic E-state index is 7.00. The summed E-state index contributed by atoms with van der Waals surface area (Å²) < 4.78 is 0. The van der Waals surface area contributed by atoms with Crippen molar-refractivity contribution >= 4 is 7.69 Å². The summed E-state index contributed by atoms with van der Waals surface area (Å²) in [7, 11) is 0. The van der Waals surface area contributed by atoms with E-state index in [0.29, 0.717) is 0 Å². The van der Waals surface area contributed by atoms with E-state index in [2.05, 4.69) is 0 Å². The maximum absolute atomic E-state index is 7.00. The van der Waals surface area contributed by atoms with Gasteiger partial charge in [-0.2, -0.15) is 0 Å². The molecule has 2 N–H and O–H groups in total. The van der Waals surface area contributed by atoms with E-state index >= 15 is 0 Å². The van der Waals surface area contributed by atoms with Crippen LogP contribution in [0.25, 0.3) is 0 Å². The molecular weight excluding hydrogens is 221 g/mol. The van der Waals surface area contributed by atoms with Crippen LogP contribution >= 0.6 is 0 Å². The van der Waals surface area contributed by atoms with Gasteiger partial charge in [0.2, 0.25) is 0 Å². The van der Waals surface area contributed by atoms with E-state index in [4.69, 9.17) is 10.0 Å². The SMILES string of the molecule is O[B-]O.[Y].[Y]. The molecule has 5 heteroatoms. The quantitative estimate of drug-likeness (QED) is 0.490. The second-order valence-corrected chi connectivity index (χ2v) is 0.115. The Bertz CT molecular complexity index is 7.61. The van der Waals surface area contributed by atoms with Crippen LogP contribution in [0.2, 0.25) is 0 Å². The van der Waals surface area contributed by atoms with Gasteiger partial charge in [-0.25, -0.2) is 0 Å². The van der Waals surface area contributed by atoms with Crippen LogP contribution in [0.5, 0.6) is 0 Å². The van der Waals surface area contributed by atoms with Crippen LogP contribution in [0.15, 0.2) is 0 Å². The zero-order valence-electron chi connectivity index (χ0n) is 2.63. The van der Waals surface area contributed by atoms with E-state index in [-0.39, 0.29) is 73.1 Å². The van der Waals surface area contributed by atoms with Crippen LogP contribution in [-0.2, 0) is 65.4 Å². The average molecular weight is 223 g/mol. The summed E-state index contributed by atoms with van der Waals surface area (Å²) in [5.74, 6) is 0. The average Bonchev–Trinajstić information content (AvgIpc) is 0.918. The summed E-state index contributed by atoms with van der Waals surface area (Å²) >= 11 is 0. The standard InChI is InChI=1S/BH2O2.2Y/c2-1-3;;/h2-3H;;/q-1;;. The van der Waals surface area contributed by atoms with Gasteiger partial charge in [-0.05, 0) is 7.69 Å². The number of hydrogen-bond donors (Lipinski definition) is 2. The molecule has 0 rings (SSSR count). The summed E-state index contributed by atoms with van der Waals surface area (Å²) in [6.45, 7) is 0. The Morgan fingerprint density at radius 1 is 1.00 bits per heavy atom. The monoisotopic (exact) mass is 223 g/mol. The first-order valence-corrected chi connectivity index (χ1v) is 0.516. The maximum Gasteiger partial charge on any atom is 0 e. The molecule has 0 aromatic heterocycles. The van der Waals surface area contributed by atoms with Gasteiger partial charge < -0.3 is 10.0 Å². The number of rotatable bonds is 0. The predicted octanol–water partition coefficient (Wildman–Crippen LogP) is -1.50. The number of hydrogen-bond acceptors (Lipinski definition) is 2. The van der Waals surface area contributed by atoms with Crippen molar-refractivity contribution < 1.29 is 75.5 Å². The Balaban J connectivity index is -0.0000000200. The zero-order chi connectivity index (χ0) is 2.71. The fourth-order valence-electron chi connectivity index (χ4n) is 0.